The molecular formula is C13H10N2OS. The summed E-state index contributed by atoms with van der Waals surface area (Å²) in [5, 5.41) is 11.6. The zero-order valence-electron chi connectivity index (χ0n) is 9.09. The lowest BCUT2D eigenvalue weighted by Crippen LogP contribution is -2.02. The molecule has 0 fully saturated rings. The molecule has 1 aliphatic rings. The van der Waals surface area contributed by atoms with Crippen molar-refractivity contribution in [1.29, 1.82) is 5.26 Å². The van der Waals surface area contributed by atoms with Crippen molar-refractivity contribution in [3.8, 4) is 11.8 Å². The molecule has 3 nitrogen and oxygen atoms in total. The molecule has 2 aromatic rings. The molecule has 0 aliphatic carbocycles. The van der Waals surface area contributed by atoms with Gasteiger partial charge >= 0.3 is 0 Å². The normalized spacial score (nSPS) is 17.2. The maximum Gasteiger partial charge on any atom is 0.123 e. The average molecular weight is 242 g/mol. The number of fused-ring (bicyclic) bond motifs is 1. The monoisotopic (exact) mass is 242 g/mol. The summed E-state index contributed by atoms with van der Waals surface area (Å²) in [7, 11) is 0. The summed E-state index contributed by atoms with van der Waals surface area (Å²) in [6.45, 7) is 0.652. The van der Waals surface area contributed by atoms with Gasteiger partial charge < -0.3 is 4.74 Å². The van der Waals surface area contributed by atoms with E-state index in [9.17, 15) is 0 Å². The van der Waals surface area contributed by atoms with Gasteiger partial charge in [-0.3, -0.25) is 0 Å². The molecule has 1 unspecified atom stereocenters. The third kappa shape index (κ3) is 1.79. The van der Waals surface area contributed by atoms with E-state index in [1.165, 1.54) is 5.56 Å². The van der Waals surface area contributed by atoms with Crippen molar-refractivity contribution in [2.75, 3.05) is 6.61 Å². The second kappa shape index (κ2) is 4.19. The van der Waals surface area contributed by atoms with E-state index >= 15 is 0 Å². The first-order valence-electron chi connectivity index (χ1n) is 5.41. The van der Waals surface area contributed by atoms with Gasteiger partial charge in [-0.25, -0.2) is 4.98 Å². The number of thiazole rings is 1. The molecule has 0 spiro atoms. The molecule has 1 aromatic carbocycles. The summed E-state index contributed by atoms with van der Waals surface area (Å²) in [5.41, 5.74) is 2.06. The summed E-state index contributed by atoms with van der Waals surface area (Å²) in [6, 6.07) is 10.2. The molecule has 1 atom stereocenters. The summed E-state index contributed by atoms with van der Waals surface area (Å²) in [5.74, 6) is 1.18. The molecule has 1 aromatic heterocycles. The second-order valence-electron chi connectivity index (χ2n) is 3.91. The zero-order chi connectivity index (χ0) is 11.7. The molecule has 0 amide bonds. The minimum Gasteiger partial charge on any atom is -0.492 e. The van der Waals surface area contributed by atoms with Crippen molar-refractivity contribution in [2.24, 2.45) is 0 Å². The Hall–Kier alpha value is -1.86. The summed E-state index contributed by atoms with van der Waals surface area (Å²) in [4.78, 5) is 4.50. The molecule has 0 saturated carbocycles. The minimum atomic E-state index is 0.226. The predicted octanol–water partition coefficient (Wildman–Crippen LogP) is 2.73. The van der Waals surface area contributed by atoms with E-state index in [0.717, 1.165) is 16.5 Å². The Labute approximate surface area is 103 Å². The van der Waals surface area contributed by atoms with E-state index < -0.39 is 0 Å². The van der Waals surface area contributed by atoms with Crippen LogP contribution in [0.15, 0.2) is 29.6 Å². The van der Waals surface area contributed by atoms with Crippen molar-refractivity contribution >= 4 is 11.3 Å². The molecule has 2 heterocycles. The number of benzene rings is 1. The number of nitriles is 1. The van der Waals surface area contributed by atoms with Crippen LogP contribution in [-0.2, 0) is 6.42 Å². The van der Waals surface area contributed by atoms with Crippen molar-refractivity contribution < 1.29 is 4.74 Å². The Morgan fingerprint density at radius 2 is 2.35 bits per heavy atom. The molecule has 0 saturated heterocycles. The van der Waals surface area contributed by atoms with Gasteiger partial charge in [0.05, 0.1) is 24.1 Å². The third-order valence-corrected chi connectivity index (χ3v) is 3.83. The molecule has 3 rings (SSSR count). The Morgan fingerprint density at radius 1 is 1.47 bits per heavy atom. The summed E-state index contributed by atoms with van der Waals surface area (Å²) >= 11 is 1.61. The summed E-state index contributed by atoms with van der Waals surface area (Å²) < 4.78 is 5.64. The fourth-order valence-electron chi connectivity index (χ4n) is 2.01. The minimum absolute atomic E-state index is 0.226. The molecule has 17 heavy (non-hydrogen) atoms. The number of hydrogen-bond acceptors (Lipinski definition) is 4. The average Bonchev–Trinajstić information content (AvgIpc) is 2.95. The van der Waals surface area contributed by atoms with Gasteiger partial charge in [0.1, 0.15) is 17.4 Å². The lowest BCUT2D eigenvalue weighted by atomic mass is 10.0. The standard InChI is InChI=1S/C13H10N2OS/c14-6-5-9-8-17-13(15-9)11-7-16-12-4-2-1-3-10(11)12/h1-4,8,11H,5,7H2. The topological polar surface area (TPSA) is 45.9 Å². The number of para-hydroxylation sites is 1. The Balaban J connectivity index is 1.93. The largest absolute Gasteiger partial charge is 0.492 e. The van der Waals surface area contributed by atoms with Crippen LogP contribution in [0.1, 0.15) is 22.2 Å². The second-order valence-corrected chi connectivity index (χ2v) is 4.80. The first-order chi connectivity index (χ1) is 8.38. The molecular weight excluding hydrogens is 232 g/mol. The smallest absolute Gasteiger partial charge is 0.123 e. The van der Waals surface area contributed by atoms with E-state index in [2.05, 4.69) is 17.1 Å². The van der Waals surface area contributed by atoms with Crippen LogP contribution in [0.25, 0.3) is 0 Å². The van der Waals surface area contributed by atoms with Gasteiger partial charge in [0.2, 0.25) is 0 Å². The maximum atomic E-state index is 8.64. The van der Waals surface area contributed by atoms with E-state index in [1.54, 1.807) is 11.3 Å². The van der Waals surface area contributed by atoms with Gasteiger partial charge in [0, 0.05) is 10.9 Å². The molecule has 1 aliphatic heterocycles. The van der Waals surface area contributed by atoms with Crippen LogP contribution in [0, 0.1) is 11.3 Å². The molecule has 0 radical (unpaired) electrons. The van der Waals surface area contributed by atoms with Crippen LogP contribution < -0.4 is 4.74 Å². The maximum absolute atomic E-state index is 8.64. The SMILES string of the molecule is N#CCc1csc(C2COc3ccccc32)n1. The Bertz CT molecular complexity index is 585. The van der Waals surface area contributed by atoms with Crippen molar-refractivity contribution in [3.63, 3.8) is 0 Å². The van der Waals surface area contributed by atoms with E-state index in [4.69, 9.17) is 10.00 Å². The first-order valence-corrected chi connectivity index (χ1v) is 6.29. The van der Waals surface area contributed by atoms with Crippen LogP contribution >= 0.6 is 11.3 Å². The highest BCUT2D eigenvalue weighted by Gasteiger charge is 2.27. The molecule has 84 valence electrons. The number of nitrogens with zero attached hydrogens (tertiary/aromatic N) is 2. The van der Waals surface area contributed by atoms with Gasteiger partial charge in [-0.05, 0) is 6.07 Å². The van der Waals surface area contributed by atoms with Crippen molar-refractivity contribution in [1.82, 2.24) is 4.98 Å². The number of ether oxygens (including phenoxy) is 1. The van der Waals surface area contributed by atoms with Gasteiger partial charge in [-0.1, -0.05) is 18.2 Å². The first kappa shape index (κ1) is 10.3. The summed E-state index contributed by atoms with van der Waals surface area (Å²) in [6.07, 6.45) is 0.381. The van der Waals surface area contributed by atoms with Crippen LogP contribution in [-0.4, -0.2) is 11.6 Å². The lowest BCUT2D eigenvalue weighted by molar-refractivity contribution is 0.343. The number of rotatable bonds is 2. The van der Waals surface area contributed by atoms with E-state index in [1.807, 2.05) is 23.6 Å². The van der Waals surface area contributed by atoms with E-state index in [-0.39, 0.29) is 5.92 Å². The molecule has 4 heteroatoms. The molecule has 0 N–H and O–H groups in total. The Kier molecular flexibility index (Phi) is 2.54. The van der Waals surface area contributed by atoms with Crippen LogP contribution in [0.5, 0.6) is 5.75 Å². The Morgan fingerprint density at radius 3 is 3.24 bits per heavy atom. The van der Waals surface area contributed by atoms with Crippen LogP contribution in [0.3, 0.4) is 0 Å². The van der Waals surface area contributed by atoms with Crippen molar-refractivity contribution in [3.05, 3.63) is 45.9 Å². The third-order valence-electron chi connectivity index (χ3n) is 2.83. The highest BCUT2D eigenvalue weighted by atomic mass is 32.1. The van der Waals surface area contributed by atoms with Gasteiger partial charge in [-0.2, -0.15) is 5.26 Å². The van der Waals surface area contributed by atoms with Gasteiger partial charge in [-0.15, -0.1) is 11.3 Å². The molecule has 0 bridgehead atoms. The fraction of sp³-hybridized carbons (Fsp3) is 0.231. The van der Waals surface area contributed by atoms with Gasteiger partial charge in [0.25, 0.3) is 0 Å². The van der Waals surface area contributed by atoms with Gasteiger partial charge in [0.15, 0.2) is 0 Å². The number of aromatic nitrogens is 1. The fourth-order valence-corrected chi connectivity index (χ4v) is 2.93. The quantitative estimate of drug-likeness (QED) is 0.813. The van der Waals surface area contributed by atoms with Crippen LogP contribution in [0.2, 0.25) is 0 Å². The van der Waals surface area contributed by atoms with Crippen LogP contribution in [0.4, 0.5) is 0 Å². The highest BCUT2D eigenvalue weighted by molar-refractivity contribution is 7.09. The number of hydrogen-bond donors (Lipinski definition) is 0. The van der Waals surface area contributed by atoms with E-state index in [0.29, 0.717) is 13.0 Å². The van der Waals surface area contributed by atoms with Crippen molar-refractivity contribution in [2.45, 2.75) is 12.3 Å². The lowest BCUT2D eigenvalue weighted by Gasteiger charge is -2.03. The highest BCUT2D eigenvalue weighted by Crippen LogP contribution is 2.38. The predicted molar refractivity (Wildman–Crippen MR) is 65.2 cm³/mol. The zero-order valence-corrected chi connectivity index (χ0v) is 9.91.